The summed E-state index contributed by atoms with van der Waals surface area (Å²) in [5, 5.41) is 4.58. The summed E-state index contributed by atoms with van der Waals surface area (Å²) in [5.74, 6) is 1.08. The largest absolute Gasteiger partial charge is 0.361 e. The Kier molecular flexibility index (Phi) is 4.55. The van der Waals surface area contributed by atoms with E-state index in [1.165, 1.54) is 16.7 Å². The molecule has 2 heterocycles. The fraction of sp³-hybridized carbons (Fsp3) is 0.294. The lowest BCUT2D eigenvalue weighted by molar-refractivity contribution is 0.686. The molecule has 108 valence electrons. The molecule has 0 saturated carbocycles. The van der Waals surface area contributed by atoms with E-state index >= 15 is 0 Å². The van der Waals surface area contributed by atoms with Crippen molar-refractivity contribution in [2.24, 2.45) is 4.99 Å². The van der Waals surface area contributed by atoms with Gasteiger partial charge in [-0.2, -0.15) is 0 Å². The highest BCUT2D eigenvalue weighted by atomic mass is 32.2. The van der Waals surface area contributed by atoms with Crippen molar-refractivity contribution in [2.45, 2.75) is 25.9 Å². The van der Waals surface area contributed by atoms with Crippen LogP contribution in [0.2, 0.25) is 0 Å². The van der Waals surface area contributed by atoms with E-state index in [2.05, 4.69) is 52.5 Å². The van der Waals surface area contributed by atoms with E-state index in [9.17, 15) is 0 Å². The molecule has 1 atom stereocenters. The highest BCUT2D eigenvalue weighted by molar-refractivity contribution is 8.14. The Balaban J connectivity index is 1.57. The second kappa shape index (κ2) is 6.76. The molecule has 2 aromatic rings. The molecule has 3 rings (SSSR count). The van der Waals surface area contributed by atoms with Crippen LogP contribution in [0.3, 0.4) is 0 Å². The molecule has 3 nitrogen and oxygen atoms in total. The van der Waals surface area contributed by atoms with Gasteiger partial charge >= 0.3 is 0 Å². The zero-order valence-corrected chi connectivity index (χ0v) is 12.9. The molecule has 1 aromatic heterocycles. The molecule has 1 fully saturated rings. The van der Waals surface area contributed by atoms with Crippen molar-refractivity contribution in [1.29, 1.82) is 0 Å². The standard InChI is InChI=1S/C17H19N3S/c1-13-7-8-18-10-15(13)11-19-17-20-16(12-21-17)9-14-5-3-2-4-6-14/h2-8,10,16H,9,11-12H2,1H3,(H,19,20). The summed E-state index contributed by atoms with van der Waals surface area (Å²) in [4.78, 5) is 8.84. The average Bonchev–Trinajstić information content (AvgIpc) is 2.95. The molecule has 1 saturated heterocycles. The Morgan fingerprint density at radius 2 is 2.14 bits per heavy atom. The third kappa shape index (κ3) is 3.85. The number of nitrogens with zero attached hydrogens (tertiary/aromatic N) is 2. The summed E-state index contributed by atoms with van der Waals surface area (Å²) in [5.41, 5.74) is 3.82. The molecule has 1 N–H and O–H groups in total. The minimum Gasteiger partial charge on any atom is -0.361 e. The highest BCUT2D eigenvalue weighted by Crippen LogP contribution is 2.18. The topological polar surface area (TPSA) is 37.3 Å². The fourth-order valence-corrected chi connectivity index (χ4v) is 3.32. The van der Waals surface area contributed by atoms with Gasteiger partial charge in [0.2, 0.25) is 0 Å². The van der Waals surface area contributed by atoms with Crippen LogP contribution in [-0.2, 0) is 13.0 Å². The summed E-state index contributed by atoms with van der Waals surface area (Å²) in [7, 11) is 0. The van der Waals surface area contributed by atoms with Gasteiger partial charge in [-0.05, 0) is 36.1 Å². The Morgan fingerprint density at radius 1 is 1.29 bits per heavy atom. The quantitative estimate of drug-likeness (QED) is 0.941. The van der Waals surface area contributed by atoms with Crippen molar-refractivity contribution in [1.82, 2.24) is 10.3 Å². The predicted molar refractivity (Wildman–Crippen MR) is 89.6 cm³/mol. The number of amidine groups is 1. The lowest BCUT2D eigenvalue weighted by atomic mass is 10.1. The molecule has 1 aliphatic heterocycles. The van der Waals surface area contributed by atoms with E-state index in [0.29, 0.717) is 12.6 Å². The van der Waals surface area contributed by atoms with Gasteiger partial charge in [0.25, 0.3) is 0 Å². The zero-order chi connectivity index (χ0) is 14.5. The van der Waals surface area contributed by atoms with Gasteiger partial charge in [-0.25, -0.2) is 0 Å². The van der Waals surface area contributed by atoms with Crippen molar-refractivity contribution < 1.29 is 0 Å². The second-order valence-corrected chi connectivity index (χ2v) is 6.27. The van der Waals surface area contributed by atoms with Crippen molar-refractivity contribution in [2.75, 3.05) is 5.75 Å². The molecule has 0 spiro atoms. The first kappa shape index (κ1) is 14.1. The van der Waals surface area contributed by atoms with E-state index in [1.807, 2.05) is 30.2 Å². The van der Waals surface area contributed by atoms with Crippen LogP contribution in [0.1, 0.15) is 16.7 Å². The smallest absolute Gasteiger partial charge is 0.157 e. The number of aromatic nitrogens is 1. The highest BCUT2D eigenvalue weighted by Gasteiger charge is 2.20. The van der Waals surface area contributed by atoms with E-state index in [0.717, 1.165) is 17.3 Å². The Hall–Kier alpha value is -1.81. The maximum Gasteiger partial charge on any atom is 0.157 e. The first-order valence-electron chi connectivity index (χ1n) is 7.18. The minimum atomic E-state index is 0.478. The molecule has 0 bridgehead atoms. The number of nitrogens with one attached hydrogen (secondary N) is 1. The summed E-state index contributed by atoms with van der Waals surface area (Å²) < 4.78 is 0. The Labute approximate surface area is 129 Å². The fourth-order valence-electron chi connectivity index (χ4n) is 2.36. The summed E-state index contributed by atoms with van der Waals surface area (Å²) >= 11 is 1.81. The summed E-state index contributed by atoms with van der Waals surface area (Å²) in [6, 6.07) is 13.1. The maximum atomic E-state index is 4.67. The molecule has 1 aliphatic rings. The van der Waals surface area contributed by atoms with Crippen LogP contribution in [0, 0.1) is 6.92 Å². The van der Waals surface area contributed by atoms with E-state index in [-0.39, 0.29) is 0 Å². The van der Waals surface area contributed by atoms with Crippen molar-refractivity contribution in [3.63, 3.8) is 0 Å². The molecule has 1 unspecified atom stereocenters. The van der Waals surface area contributed by atoms with E-state index < -0.39 is 0 Å². The number of hydrogen-bond donors (Lipinski definition) is 1. The van der Waals surface area contributed by atoms with Gasteiger partial charge < -0.3 is 5.32 Å². The molecule has 21 heavy (non-hydrogen) atoms. The van der Waals surface area contributed by atoms with Gasteiger partial charge in [-0.15, -0.1) is 0 Å². The van der Waals surface area contributed by atoms with Crippen molar-refractivity contribution >= 4 is 16.9 Å². The van der Waals surface area contributed by atoms with Crippen LogP contribution in [-0.4, -0.2) is 21.9 Å². The summed E-state index contributed by atoms with van der Waals surface area (Å²) in [6.07, 6.45) is 4.78. The number of benzene rings is 1. The van der Waals surface area contributed by atoms with E-state index in [4.69, 9.17) is 0 Å². The number of hydrogen-bond acceptors (Lipinski definition) is 3. The van der Waals surface area contributed by atoms with E-state index in [1.54, 1.807) is 0 Å². The van der Waals surface area contributed by atoms with Crippen molar-refractivity contribution in [3.8, 4) is 0 Å². The number of rotatable bonds is 4. The third-order valence-corrected chi connectivity index (χ3v) is 4.70. The lowest BCUT2D eigenvalue weighted by Gasteiger charge is -2.09. The predicted octanol–water partition coefficient (Wildman–Crippen LogP) is 3.19. The van der Waals surface area contributed by atoms with Gasteiger partial charge in [-0.3, -0.25) is 9.98 Å². The third-order valence-electron chi connectivity index (χ3n) is 3.61. The average molecular weight is 297 g/mol. The molecular weight excluding hydrogens is 278 g/mol. The molecular formula is C17H19N3S. The first-order valence-corrected chi connectivity index (χ1v) is 8.17. The van der Waals surface area contributed by atoms with Crippen LogP contribution in [0.25, 0.3) is 0 Å². The van der Waals surface area contributed by atoms with Crippen LogP contribution in [0.15, 0.2) is 53.8 Å². The van der Waals surface area contributed by atoms with Crippen molar-refractivity contribution in [3.05, 3.63) is 65.5 Å². The van der Waals surface area contributed by atoms with Gasteiger partial charge in [0.1, 0.15) is 0 Å². The number of pyridine rings is 1. The van der Waals surface area contributed by atoms with Gasteiger partial charge in [0.05, 0.1) is 6.54 Å². The zero-order valence-electron chi connectivity index (χ0n) is 12.1. The molecule has 0 aliphatic carbocycles. The first-order chi connectivity index (χ1) is 10.3. The number of thioether (sulfide) groups is 1. The normalized spacial score (nSPS) is 19.7. The number of aryl methyl sites for hydroxylation is 1. The summed E-state index contributed by atoms with van der Waals surface area (Å²) in [6.45, 7) is 2.80. The van der Waals surface area contributed by atoms with Gasteiger partial charge in [0, 0.05) is 24.2 Å². The molecule has 0 radical (unpaired) electrons. The van der Waals surface area contributed by atoms with Crippen LogP contribution in [0.5, 0.6) is 0 Å². The maximum absolute atomic E-state index is 4.67. The molecule has 4 heteroatoms. The van der Waals surface area contributed by atoms with Crippen LogP contribution >= 0.6 is 11.8 Å². The Bertz CT molecular complexity index is 625. The second-order valence-electron chi connectivity index (χ2n) is 5.27. The SMILES string of the molecule is Cc1ccncc1CN=C1NC(Cc2ccccc2)CS1. The van der Waals surface area contributed by atoms with Crippen LogP contribution in [0.4, 0.5) is 0 Å². The van der Waals surface area contributed by atoms with Crippen LogP contribution < -0.4 is 5.32 Å². The molecule has 1 aromatic carbocycles. The Morgan fingerprint density at radius 3 is 2.95 bits per heavy atom. The van der Waals surface area contributed by atoms with Gasteiger partial charge in [-0.1, -0.05) is 42.1 Å². The molecule has 0 amide bonds. The number of aliphatic imine (C=N–C) groups is 1. The minimum absolute atomic E-state index is 0.478. The monoisotopic (exact) mass is 297 g/mol. The lowest BCUT2D eigenvalue weighted by Crippen LogP contribution is -2.29. The van der Waals surface area contributed by atoms with Gasteiger partial charge in [0.15, 0.2) is 5.17 Å².